The molecular weight excluding hydrogens is 699 g/mol. The summed E-state index contributed by atoms with van der Waals surface area (Å²) in [5.41, 5.74) is 1.83. The maximum atomic E-state index is 7.40. The first-order valence-electron chi connectivity index (χ1n) is 16.7. The molecule has 0 spiro atoms. The van der Waals surface area contributed by atoms with E-state index >= 15 is 0 Å². The van der Waals surface area contributed by atoms with Crippen molar-refractivity contribution in [2.45, 2.75) is 51.9 Å². The van der Waals surface area contributed by atoms with E-state index in [0.717, 1.165) is 37.2 Å². The second-order valence-electron chi connectivity index (χ2n) is 13.5. The minimum atomic E-state index is -2.69. The fraction of sp³-hybridized carbons (Fsp3) is 0.366. The van der Waals surface area contributed by atoms with Gasteiger partial charge >= 0.3 is 26.2 Å². The van der Waals surface area contributed by atoms with Crippen LogP contribution in [0.3, 0.4) is 0 Å². The van der Waals surface area contributed by atoms with Gasteiger partial charge in [-0.25, -0.2) is 0 Å². The molecule has 0 aliphatic heterocycles. The van der Waals surface area contributed by atoms with Gasteiger partial charge < -0.3 is 29.2 Å². The molecule has 2 saturated carbocycles. The average Bonchev–Trinajstić information content (AvgIpc) is 3.74. The molecule has 0 heterocycles. The summed E-state index contributed by atoms with van der Waals surface area (Å²) in [7, 11) is -2.69. The zero-order valence-corrected chi connectivity index (χ0v) is 31.9. The van der Waals surface area contributed by atoms with Crippen LogP contribution in [0.4, 0.5) is 0 Å². The van der Waals surface area contributed by atoms with Crippen molar-refractivity contribution >= 4 is 23.9 Å². The SMILES string of the molecule is CC(CCCO[Si](c1ccccc1)(c1ccccc1)c1ccccc1)(C1=CC=CC1)C1C2C=CC=CC2C2CCCCC21.[Cl-].[Cl-].[Zr+2]. The van der Waals surface area contributed by atoms with Gasteiger partial charge in [-0.1, -0.05) is 159 Å². The van der Waals surface area contributed by atoms with Crippen LogP contribution in [0, 0.1) is 35.0 Å². The Hall–Kier alpha value is -1.74. The van der Waals surface area contributed by atoms with Crippen LogP contribution in [0.25, 0.3) is 0 Å². The molecule has 5 heteroatoms. The van der Waals surface area contributed by atoms with Gasteiger partial charge in [0.15, 0.2) is 0 Å². The Kier molecular flexibility index (Phi) is 13.4. The minimum absolute atomic E-state index is 0. The van der Waals surface area contributed by atoms with Crippen molar-refractivity contribution in [3.8, 4) is 0 Å². The van der Waals surface area contributed by atoms with E-state index < -0.39 is 8.32 Å². The molecule has 4 aliphatic rings. The number of rotatable bonds is 10. The summed E-state index contributed by atoms with van der Waals surface area (Å²) >= 11 is 0. The molecule has 0 saturated heterocycles. The van der Waals surface area contributed by atoms with Crippen LogP contribution in [0.5, 0.6) is 0 Å². The summed E-state index contributed by atoms with van der Waals surface area (Å²) in [6.07, 6.45) is 26.0. The van der Waals surface area contributed by atoms with E-state index in [2.05, 4.69) is 140 Å². The standard InChI is InChI=1S/C41H46OSi.2ClH.Zr/c1-41(32-18-11-12-19-32,40-38-28-15-13-26-36(38)37-27-14-16-29-39(37)40)30-17-31-42-43(33-20-5-2-6-21-33,34-22-7-3-8-23-34)35-24-9-4-10-25-35;;;/h2-13,15,18,20-26,28,36-40H,14,16-17,19,27,29-31H2,1H3;2*1H;/q;;;+2/p-2. The van der Waals surface area contributed by atoms with Crippen molar-refractivity contribution in [3.63, 3.8) is 0 Å². The monoisotopic (exact) mass is 742 g/mol. The van der Waals surface area contributed by atoms with Crippen LogP contribution in [-0.4, -0.2) is 14.9 Å². The van der Waals surface area contributed by atoms with E-state index in [1.54, 1.807) is 5.57 Å². The van der Waals surface area contributed by atoms with Gasteiger partial charge in [-0.15, -0.1) is 0 Å². The van der Waals surface area contributed by atoms with E-state index in [-0.39, 0.29) is 56.4 Å². The molecule has 6 unspecified atom stereocenters. The largest absolute Gasteiger partial charge is 2.00 e. The first-order chi connectivity index (χ1) is 21.2. The molecule has 7 rings (SSSR count). The molecule has 3 aromatic rings. The van der Waals surface area contributed by atoms with Crippen LogP contribution in [0.15, 0.2) is 139 Å². The third-order valence-corrected chi connectivity index (χ3v) is 15.5. The molecule has 6 atom stereocenters. The first kappa shape index (κ1) is 37.1. The summed E-state index contributed by atoms with van der Waals surface area (Å²) < 4.78 is 7.40. The predicted octanol–water partition coefficient (Wildman–Crippen LogP) is 2.14. The zero-order valence-electron chi connectivity index (χ0n) is 26.9. The summed E-state index contributed by atoms with van der Waals surface area (Å²) in [4.78, 5) is 0. The van der Waals surface area contributed by atoms with Gasteiger partial charge in [0, 0.05) is 6.61 Å². The van der Waals surface area contributed by atoms with E-state index in [1.165, 1.54) is 47.7 Å². The van der Waals surface area contributed by atoms with Crippen LogP contribution >= 0.6 is 0 Å². The number of fused-ring (bicyclic) bond motifs is 3. The Morgan fingerprint density at radius 2 is 1.22 bits per heavy atom. The smallest absolute Gasteiger partial charge is 1.00 e. The Bertz CT molecular complexity index is 1410. The summed E-state index contributed by atoms with van der Waals surface area (Å²) in [6, 6.07) is 33.1. The fourth-order valence-corrected chi connectivity index (χ4v) is 13.5. The average molecular weight is 745 g/mol. The van der Waals surface area contributed by atoms with Crippen molar-refractivity contribution in [2.24, 2.45) is 35.0 Å². The van der Waals surface area contributed by atoms with E-state index in [9.17, 15) is 0 Å². The Balaban J connectivity index is 0.00000160. The van der Waals surface area contributed by atoms with Gasteiger partial charge in [0.25, 0.3) is 8.32 Å². The Morgan fingerprint density at radius 3 is 1.74 bits per heavy atom. The molecule has 2 fully saturated rings. The van der Waals surface area contributed by atoms with Crippen LogP contribution in [0.1, 0.15) is 51.9 Å². The molecule has 1 nitrogen and oxygen atoms in total. The van der Waals surface area contributed by atoms with Gasteiger partial charge in [-0.3, -0.25) is 0 Å². The van der Waals surface area contributed by atoms with Crippen molar-refractivity contribution < 1.29 is 55.4 Å². The minimum Gasteiger partial charge on any atom is -1.00 e. The maximum absolute atomic E-state index is 7.40. The molecular formula is C41H46Cl2OSiZr. The number of benzene rings is 3. The summed E-state index contributed by atoms with van der Waals surface area (Å²) in [6.45, 7) is 3.40. The van der Waals surface area contributed by atoms with Crippen molar-refractivity contribution in [1.29, 1.82) is 0 Å². The van der Waals surface area contributed by atoms with E-state index in [1.807, 2.05) is 0 Å². The molecule has 0 bridgehead atoms. The van der Waals surface area contributed by atoms with Crippen LogP contribution in [-0.2, 0) is 30.6 Å². The van der Waals surface area contributed by atoms with Gasteiger partial charge in [0.2, 0.25) is 0 Å². The molecule has 0 amide bonds. The molecule has 4 aliphatic carbocycles. The summed E-state index contributed by atoms with van der Waals surface area (Å²) in [5, 5.41) is 3.96. The van der Waals surface area contributed by atoms with Crippen molar-refractivity contribution in [2.75, 3.05) is 6.61 Å². The van der Waals surface area contributed by atoms with Crippen molar-refractivity contribution in [1.82, 2.24) is 0 Å². The second kappa shape index (κ2) is 16.6. The Morgan fingerprint density at radius 1 is 0.696 bits per heavy atom. The van der Waals surface area contributed by atoms with Gasteiger partial charge in [-0.05, 0) is 82.7 Å². The third-order valence-electron chi connectivity index (χ3n) is 11.4. The van der Waals surface area contributed by atoms with E-state index in [0.29, 0.717) is 11.8 Å². The first-order valence-corrected chi connectivity index (χ1v) is 18.6. The quantitative estimate of drug-likeness (QED) is 0.176. The van der Waals surface area contributed by atoms with Crippen LogP contribution < -0.4 is 40.4 Å². The molecule has 3 aromatic carbocycles. The zero-order chi connectivity index (χ0) is 29.1. The Labute approximate surface area is 309 Å². The molecule has 0 N–H and O–H groups in total. The third kappa shape index (κ3) is 6.88. The topological polar surface area (TPSA) is 9.23 Å². The predicted molar refractivity (Wildman–Crippen MR) is 183 cm³/mol. The van der Waals surface area contributed by atoms with E-state index in [4.69, 9.17) is 4.43 Å². The number of halogens is 2. The molecule has 0 radical (unpaired) electrons. The molecule has 0 aromatic heterocycles. The summed E-state index contributed by atoms with van der Waals surface area (Å²) in [5.74, 6) is 3.77. The van der Waals surface area contributed by atoms with Crippen molar-refractivity contribution in [3.05, 3.63) is 139 Å². The van der Waals surface area contributed by atoms with Gasteiger partial charge in [0.05, 0.1) is 0 Å². The molecule has 238 valence electrons. The number of hydrogen-bond donors (Lipinski definition) is 0. The van der Waals surface area contributed by atoms with Gasteiger partial charge in [0.1, 0.15) is 0 Å². The fourth-order valence-electron chi connectivity index (χ4n) is 9.57. The normalized spacial score (nSPS) is 25.6. The second-order valence-corrected chi connectivity index (χ2v) is 16.9. The molecule has 46 heavy (non-hydrogen) atoms. The van der Waals surface area contributed by atoms with Gasteiger partial charge in [-0.2, -0.15) is 0 Å². The maximum Gasteiger partial charge on any atom is 2.00 e. The van der Waals surface area contributed by atoms with Crippen LogP contribution in [0.2, 0.25) is 0 Å². The number of allylic oxidation sites excluding steroid dienone is 8. The number of hydrogen-bond acceptors (Lipinski definition) is 1.